The number of hydrogen-bond acceptors (Lipinski definition) is 6. The molecular formula is C33H38FN5O2S. The smallest absolute Gasteiger partial charge is 0.261 e. The van der Waals surface area contributed by atoms with Gasteiger partial charge in [-0.1, -0.05) is 79.7 Å². The molecule has 5 rings (SSSR count). The number of amidine groups is 1. The molecule has 0 radical (unpaired) electrons. The van der Waals surface area contributed by atoms with Crippen molar-refractivity contribution in [2.45, 2.75) is 39.7 Å². The summed E-state index contributed by atoms with van der Waals surface area (Å²) >= 11 is 1.48. The second-order valence-corrected chi connectivity index (χ2v) is 11.4. The van der Waals surface area contributed by atoms with Crippen LogP contribution in [0.15, 0.2) is 83.5 Å². The molecule has 1 aliphatic heterocycles. The monoisotopic (exact) mass is 587 g/mol. The van der Waals surface area contributed by atoms with Crippen LogP contribution in [0.3, 0.4) is 0 Å². The fraction of sp³-hybridized carbons (Fsp3) is 0.364. The maximum absolute atomic E-state index is 13.4. The quantitative estimate of drug-likeness (QED) is 0.227. The van der Waals surface area contributed by atoms with Crippen LogP contribution in [0.2, 0.25) is 0 Å². The number of ether oxygens (including phenoxy) is 1. The standard InChI is InChI=1S/C33H38FN5O2S/c1-4-37(5-2)17-18-39-28(21-30(36-39)26-13-9-24(3)10-14-26)22-41-20-19-38-31-8-6-7-29(31)32(40)35-33(38)42-23-25-11-15-27(34)16-12-25/h6-16,21,29H,4-5,17-20,22-23H2,1-3H3. The summed E-state index contributed by atoms with van der Waals surface area (Å²) in [6.45, 7) is 11.6. The molecule has 2 aliphatic rings. The number of halogens is 1. The second-order valence-electron chi connectivity index (χ2n) is 10.4. The number of nitrogens with zero attached hydrogens (tertiary/aromatic N) is 5. The van der Waals surface area contributed by atoms with Crippen molar-refractivity contribution in [1.29, 1.82) is 0 Å². The molecule has 0 saturated heterocycles. The van der Waals surface area contributed by atoms with Crippen LogP contribution in [-0.4, -0.2) is 63.4 Å². The van der Waals surface area contributed by atoms with E-state index in [1.165, 1.54) is 29.5 Å². The van der Waals surface area contributed by atoms with E-state index < -0.39 is 0 Å². The number of rotatable bonds is 13. The van der Waals surface area contributed by atoms with Gasteiger partial charge in [-0.25, -0.2) is 4.39 Å². The molecule has 0 saturated carbocycles. The molecule has 9 heteroatoms. The molecule has 0 fully saturated rings. The number of fused-ring (bicyclic) bond motifs is 1. The lowest BCUT2D eigenvalue weighted by Gasteiger charge is -2.32. The van der Waals surface area contributed by atoms with Crippen LogP contribution in [0, 0.1) is 18.7 Å². The number of thioether (sulfide) groups is 1. The van der Waals surface area contributed by atoms with Crippen LogP contribution in [0.25, 0.3) is 11.3 Å². The van der Waals surface area contributed by atoms with Gasteiger partial charge in [0.1, 0.15) is 5.82 Å². The maximum Gasteiger partial charge on any atom is 0.261 e. The third kappa shape index (κ3) is 7.27. The largest absolute Gasteiger partial charge is 0.373 e. The number of carbonyl (C=O) groups excluding carboxylic acids is 1. The topological polar surface area (TPSA) is 63.0 Å². The Balaban J connectivity index is 1.25. The van der Waals surface area contributed by atoms with E-state index in [9.17, 15) is 9.18 Å². The molecule has 1 aliphatic carbocycles. The summed E-state index contributed by atoms with van der Waals surface area (Å²) in [7, 11) is 0. The van der Waals surface area contributed by atoms with E-state index >= 15 is 0 Å². The minimum absolute atomic E-state index is 0.158. The number of aryl methyl sites for hydroxylation is 1. The summed E-state index contributed by atoms with van der Waals surface area (Å²) in [4.78, 5) is 21.6. The number of amides is 1. The van der Waals surface area contributed by atoms with E-state index in [4.69, 9.17) is 9.84 Å². The molecule has 1 atom stereocenters. The zero-order valence-electron chi connectivity index (χ0n) is 24.5. The number of likely N-dealkylation sites (N-methyl/N-ethyl adjacent to an activating group) is 1. The molecule has 2 heterocycles. The molecule has 1 unspecified atom stereocenters. The third-order valence-corrected chi connectivity index (χ3v) is 8.67. The van der Waals surface area contributed by atoms with Crippen molar-refractivity contribution in [2.24, 2.45) is 10.9 Å². The van der Waals surface area contributed by atoms with Gasteiger partial charge in [-0.2, -0.15) is 10.1 Å². The van der Waals surface area contributed by atoms with Crippen molar-refractivity contribution < 1.29 is 13.9 Å². The van der Waals surface area contributed by atoms with Gasteiger partial charge in [0.05, 0.1) is 37.1 Å². The lowest BCUT2D eigenvalue weighted by atomic mass is 10.1. The summed E-state index contributed by atoms with van der Waals surface area (Å²) in [5.41, 5.74) is 6.18. The molecule has 2 aromatic carbocycles. The number of allylic oxidation sites excluding steroid dienone is 2. The molecule has 42 heavy (non-hydrogen) atoms. The Morgan fingerprint density at radius 3 is 2.55 bits per heavy atom. The van der Waals surface area contributed by atoms with E-state index in [0.29, 0.717) is 30.7 Å². The van der Waals surface area contributed by atoms with Crippen LogP contribution >= 0.6 is 11.8 Å². The number of hydrogen-bond donors (Lipinski definition) is 0. The van der Waals surface area contributed by atoms with Crippen LogP contribution in [0.1, 0.15) is 30.7 Å². The van der Waals surface area contributed by atoms with Gasteiger partial charge in [-0.3, -0.25) is 9.48 Å². The van der Waals surface area contributed by atoms with Crippen molar-refractivity contribution in [2.75, 3.05) is 32.8 Å². The SMILES string of the molecule is CCN(CC)CCn1nc(-c2ccc(C)cc2)cc1COCCN1C2=CC=CC2C(=O)N=C1SCc1ccc(F)cc1. The van der Waals surface area contributed by atoms with Crippen LogP contribution in [0.4, 0.5) is 4.39 Å². The van der Waals surface area contributed by atoms with Gasteiger partial charge in [0, 0.05) is 30.1 Å². The Labute approximate surface area is 251 Å². The molecule has 7 nitrogen and oxygen atoms in total. The van der Waals surface area contributed by atoms with Crippen LogP contribution in [0.5, 0.6) is 0 Å². The Morgan fingerprint density at radius 1 is 1.05 bits per heavy atom. The first-order valence-electron chi connectivity index (χ1n) is 14.5. The molecular weight excluding hydrogens is 549 g/mol. The van der Waals surface area contributed by atoms with Gasteiger partial charge in [-0.05, 0) is 49.9 Å². The van der Waals surface area contributed by atoms with Gasteiger partial charge in [0.25, 0.3) is 5.91 Å². The fourth-order valence-electron chi connectivity index (χ4n) is 5.07. The minimum Gasteiger partial charge on any atom is -0.373 e. The molecule has 1 aromatic heterocycles. The highest BCUT2D eigenvalue weighted by molar-refractivity contribution is 8.13. The van der Waals surface area contributed by atoms with Gasteiger partial charge < -0.3 is 14.5 Å². The highest BCUT2D eigenvalue weighted by Crippen LogP contribution is 2.32. The third-order valence-electron chi connectivity index (χ3n) is 7.63. The van der Waals surface area contributed by atoms with Crippen LogP contribution in [-0.2, 0) is 28.4 Å². The summed E-state index contributed by atoms with van der Waals surface area (Å²) in [5.74, 6) is -0.186. The van der Waals surface area contributed by atoms with Crippen molar-refractivity contribution in [3.8, 4) is 11.3 Å². The highest BCUT2D eigenvalue weighted by Gasteiger charge is 2.34. The summed E-state index contributed by atoms with van der Waals surface area (Å²) < 4.78 is 21.7. The molecule has 0 bridgehead atoms. The normalized spacial score (nSPS) is 16.3. The average Bonchev–Trinajstić information content (AvgIpc) is 3.65. The first-order valence-corrected chi connectivity index (χ1v) is 15.5. The maximum atomic E-state index is 13.4. The number of aliphatic imine (C=N–C) groups is 1. The number of carbonyl (C=O) groups is 1. The van der Waals surface area contributed by atoms with Crippen molar-refractivity contribution in [3.05, 3.63) is 101 Å². The fourth-order valence-corrected chi connectivity index (χ4v) is 6.07. The lowest BCUT2D eigenvalue weighted by Crippen LogP contribution is -2.39. The Morgan fingerprint density at radius 2 is 1.81 bits per heavy atom. The summed E-state index contributed by atoms with van der Waals surface area (Å²) in [5, 5.41) is 5.58. The predicted molar refractivity (Wildman–Crippen MR) is 167 cm³/mol. The van der Waals surface area contributed by atoms with E-state index in [1.54, 1.807) is 12.1 Å². The number of benzene rings is 2. The van der Waals surface area contributed by atoms with Crippen LogP contribution < -0.4 is 0 Å². The Kier molecular flexibility index (Phi) is 10.0. The number of aromatic nitrogens is 2. The lowest BCUT2D eigenvalue weighted by molar-refractivity contribution is -0.120. The molecule has 220 valence electrons. The summed E-state index contributed by atoms with van der Waals surface area (Å²) in [6, 6.07) is 17.0. The molecule has 3 aromatic rings. The molecule has 1 amide bonds. The van der Waals surface area contributed by atoms with Crippen molar-refractivity contribution in [3.63, 3.8) is 0 Å². The van der Waals surface area contributed by atoms with Gasteiger partial charge in [0.2, 0.25) is 0 Å². The van der Waals surface area contributed by atoms with Crippen molar-refractivity contribution >= 4 is 22.8 Å². The Hall–Kier alpha value is -3.53. The molecule has 0 N–H and O–H groups in total. The predicted octanol–water partition coefficient (Wildman–Crippen LogP) is 6.06. The second kappa shape index (κ2) is 14.1. The first-order chi connectivity index (χ1) is 20.4. The zero-order valence-corrected chi connectivity index (χ0v) is 25.3. The van der Waals surface area contributed by atoms with E-state index in [1.807, 2.05) is 18.2 Å². The van der Waals surface area contributed by atoms with Gasteiger partial charge in [-0.15, -0.1) is 0 Å². The molecule has 0 spiro atoms. The van der Waals surface area contributed by atoms with E-state index in [2.05, 4.69) is 70.6 Å². The summed E-state index contributed by atoms with van der Waals surface area (Å²) in [6.07, 6.45) is 5.78. The van der Waals surface area contributed by atoms with Gasteiger partial charge >= 0.3 is 0 Å². The Bertz CT molecular complexity index is 1460. The zero-order chi connectivity index (χ0) is 29.5. The van der Waals surface area contributed by atoms with E-state index in [0.717, 1.165) is 54.4 Å². The van der Waals surface area contributed by atoms with Crippen molar-refractivity contribution in [1.82, 2.24) is 19.6 Å². The highest BCUT2D eigenvalue weighted by atomic mass is 32.2. The average molecular weight is 588 g/mol. The first kappa shape index (κ1) is 29.9. The van der Waals surface area contributed by atoms with Gasteiger partial charge in [0.15, 0.2) is 5.17 Å². The minimum atomic E-state index is -0.348. The van der Waals surface area contributed by atoms with E-state index in [-0.39, 0.29) is 17.6 Å².